The number of nitrogens with one attached hydrogen (secondary N) is 2. The zero-order valence-electron chi connectivity index (χ0n) is 16.7. The van der Waals surface area contributed by atoms with Gasteiger partial charge >= 0.3 is 0 Å². The molecule has 0 saturated carbocycles. The summed E-state index contributed by atoms with van der Waals surface area (Å²) in [5.41, 5.74) is 6.97. The summed E-state index contributed by atoms with van der Waals surface area (Å²) in [6, 6.07) is 7.27. The van der Waals surface area contributed by atoms with Crippen LogP contribution in [0.4, 0.5) is 0 Å². The second-order valence-electron chi connectivity index (χ2n) is 7.93. The molecule has 2 unspecified atom stereocenters. The van der Waals surface area contributed by atoms with E-state index in [0.29, 0.717) is 18.0 Å². The summed E-state index contributed by atoms with van der Waals surface area (Å²) >= 11 is 0. The van der Waals surface area contributed by atoms with Crippen LogP contribution in [0.1, 0.15) is 49.5 Å². The van der Waals surface area contributed by atoms with Gasteiger partial charge in [-0.3, -0.25) is 9.79 Å². The molecule has 0 aliphatic carbocycles. The summed E-state index contributed by atoms with van der Waals surface area (Å²) in [5, 5.41) is 6.74. The average molecular weight is 488 g/mol. The fraction of sp³-hybridized carbons (Fsp3) is 0.600. The first-order chi connectivity index (χ1) is 12.3. The minimum atomic E-state index is -0.412. The number of nitrogens with zero attached hydrogens (tertiary/aromatic N) is 1. The van der Waals surface area contributed by atoms with Crippen LogP contribution in [0.25, 0.3) is 0 Å². The van der Waals surface area contributed by atoms with Gasteiger partial charge in [0.05, 0.1) is 6.10 Å². The summed E-state index contributed by atoms with van der Waals surface area (Å²) in [6.07, 6.45) is 2.53. The monoisotopic (exact) mass is 488 g/mol. The molecule has 0 bridgehead atoms. The van der Waals surface area contributed by atoms with E-state index in [0.717, 1.165) is 31.1 Å². The number of rotatable bonds is 5. The van der Waals surface area contributed by atoms with E-state index in [9.17, 15) is 4.79 Å². The van der Waals surface area contributed by atoms with Crippen LogP contribution in [0.3, 0.4) is 0 Å². The normalized spacial score (nSPS) is 20.5. The number of hydrogen-bond donors (Lipinski definition) is 3. The molecule has 1 heterocycles. The molecule has 2 rings (SSSR count). The second-order valence-corrected chi connectivity index (χ2v) is 7.93. The Morgan fingerprint density at radius 2 is 1.93 bits per heavy atom. The number of nitrogens with two attached hydrogens (primary N) is 1. The molecule has 1 aromatic rings. The van der Waals surface area contributed by atoms with Gasteiger partial charge < -0.3 is 21.1 Å². The lowest BCUT2D eigenvalue weighted by Gasteiger charge is -2.40. The number of amides is 1. The lowest BCUT2D eigenvalue weighted by Crippen LogP contribution is -2.47. The summed E-state index contributed by atoms with van der Waals surface area (Å²) in [5.74, 6) is 0.824. The summed E-state index contributed by atoms with van der Waals surface area (Å²) in [6.45, 7) is 9.02. The molecule has 1 saturated heterocycles. The molecule has 1 aromatic carbocycles. The minimum absolute atomic E-state index is 0. The zero-order chi connectivity index (χ0) is 19.2. The highest BCUT2D eigenvalue weighted by Crippen LogP contribution is 2.33. The van der Waals surface area contributed by atoms with Crippen molar-refractivity contribution < 1.29 is 9.53 Å². The van der Waals surface area contributed by atoms with E-state index >= 15 is 0 Å². The third-order valence-electron chi connectivity index (χ3n) is 4.75. The quantitative estimate of drug-likeness (QED) is 0.338. The highest BCUT2D eigenvalue weighted by molar-refractivity contribution is 14.0. The van der Waals surface area contributed by atoms with Crippen LogP contribution in [0.15, 0.2) is 29.3 Å². The number of carbonyl (C=O) groups is 1. The van der Waals surface area contributed by atoms with Crippen LogP contribution in [0.5, 0.6) is 0 Å². The van der Waals surface area contributed by atoms with Crippen molar-refractivity contribution in [2.75, 3.05) is 20.2 Å². The first kappa shape index (κ1) is 23.7. The summed E-state index contributed by atoms with van der Waals surface area (Å²) in [4.78, 5) is 15.4. The number of ether oxygens (including phenoxy) is 1. The van der Waals surface area contributed by atoms with Gasteiger partial charge in [-0.25, -0.2) is 0 Å². The van der Waals surface area contributed by atoms with Gasteiger partial charge in [-0.2, -0.15) is 0 Å². The predicted molar refractivity (Wildman–Crippen MR) is 120 cm³/mol. The van der Waals surface area contributed by atoms with Crippen molar-refractivity contribution in [2.45, 2.75) is 46.3 Å². The maximum atomic E-state index is 11.1. The standard InChI is InChI=1S/C20H32N4O2.HI/c1-20(2,3)17-16(6-5-11-26-17)13-24-19(22-4)23-12-14-7-9-15(10-8-14)18(21)25;/h7-10,16-17H,5-6,11-13H2,1-4H3,(H2,21,25)(H2,22,23,24);1H. The van der Waals surface area contributed by atoms with Crippen molar-refractivity contribution in [3.8, 4) is 0 Å². The molecule has 152 valence electrons. The lowest BCUT2D eigenvalue weighted by molar-refractivity contribution is -0.0835. The number of guanidine groups is 1. The number of carbonyl (C=O) groups excluding carboxylic acids is 1. The van der Waals surface area contributed by atoms with Crippen LogP contribution >= 0.6 is 24.0 Å². The SMILES string of the molecule is CN=C(NCc1ccc(C(N)=O)cc1)NCC1CCCOC1C(C)(C)C.I. The molecule has 0 radical (unpaired) electrons. The smallest absolute Gasteiger partial charge is 0.248 e. The molecule has 6 nitrogen and oxygen atoms in total. The number of halogens is 1. The highest BCUT2D eigenvalue weighted by Gasteiger charge is 2.35. The third kappa shape index (κ3) is 7.29. The first-order valence-electron chi connectivity index (χ1n) is 9.26. The maximum Gasteiger partial charge on any atom is 0.248 e. The van der Waals surface area contributed by atoms with Crippen LogP contribution in [-0.4, -0.2) is 38.2 Å². The molecule has 0 spiro atoms. The lowest BCUT2D eigenvalue weighted by atomic mass is 9.78. The molecule has 4 N–H and O–H groups in total. The third-order valence-corrected chi connectivity index (χ3v) is 4.75. The minimum Gasteiger partial charge on any atom is -0.377 e. The summed E-state index contributed by atoms with van der Waals surface area (Å²) in [7, 11) is 1.77. The number of aliphatic imine (C=N–C) groups is 1. The van der Waals surface area contributed by atoms with Gasteiger partial charge in [-0.15, -0.1) is 24.0 Å². The maximum absolute atomic E-state index is 11.1. The molecule has 2 atom stereocenters. The van der Waals surface area contributed by atoms with Crippen LogP contribution < -0.4 is 16.4 Å². The Hall–Kier alpha value is -1.35. The molecule has 0 aromatic heterocycles. The van der Waals surface area contributed by atoms with E-state index in [2.05, 4.69) is 36.4 Å². The van der Waals surface area contributed by atoms with Gasteiger partial charge in [0, 0.05) is 38.2 Å². The van der Waals surface area contributed by atoms with E-state index in [1.54, 1.807) is 19.2 Å². The molecule has 1 aliphatic rings. The first-order valence-corrected chi connectivity index (χ1v) is 9.26. The van der Waals surface area contributed by atoms with Crippen molar-refractivity contribution >= 4 is 35.8 Å². The number of hydrogen-bond acceptors (Lipinski definition) is 3. The van der Waals surface area contributed by atoms with Crippen molar-refractivity contribution in [1.29, 1.82) is 0 Å². The molecular formula is C20H33IN4O2. The molecule has 1 fully saturated rings. The van der Waals surface area contributed by atoms with Crippen LogP contribution in [0, 0.1) is 11.3 Å². The van der Waals surface area contributed by atoms with Crippen molar-refractivity contribution in [2.24, 2.45) is 22.1 Å². The average Bonchev–Trinajstić information content (AvgIpc) is 2.61. The van der Waals surface area contributed by atoms with Gasteiger partial charge in [-0.1, -0.05) is 32.9 Å². The Balaban J connectivity index is 0.00000364. The Morgan fingerprint density at radius 1 is 1.26 bits per heavy atom. The fourth-order valence-electron chi connectivity index (χ4n) is 3.43. The molecular weight excluding hydrogens is 455 g/mol. The van der Waals surface area contributed by atoms with E-state index in [-0.39, 0.29) is 35.5 Å². The zero-order valence-corrected chi connectivity index (χ0v) is 19.1. The number of primary amides is 1. The number of benzene rings is 1. The second kappa shape index (κ2) is 10.8. The van der Waals surface area contributed by atoms with Crippen molar-refractivity contribution in [1.82, 2.24) is 10.6 Å². The van der Waals surface area contributed by atoms with Gasteiger partial charge in [0.1, 0.15) is 0 Å². The van der Waals surface area contributed by atoms with Gasteiger partial charge in [0.25, 0.3) is 0 Å². The molecule has 1 aliphatic heterocycles. The Morgan fingerprint density at radius 3 is 2.48 bits per heavy atom. The van der Waals surface area contributed by atoms with Gasteiger partial charge in [-0.05, 0) is 36.0 Å². The van der Waals surface area contributed by atoms with E-state index in [1.807, 2.05) is 12.1 Å². The highest BCUT2D eigenvalue weighted by atomic mass is 127. The van der Waals surface area contributed by atoms with Crippen LogP contribution in [-0.2, 0) is 11.3 Å². The molecule has 27 heavy (non-hydrogen) atoms. The van der Waals surface area contributed by atoms with Crippen LogP contribution in [0.2, 0.25) is 0 Å². The van der Waals surface area contributed by atoms with Gasteiger partial charge in [0.15, 0.2) is 5.96 Å². The molecule has 1 amide bonds. The van der Waals surface area contributed by atoms with Gasteiger partial charge in [0.2, 0.25) is 5.91 Å². The largest absolute Gasteiger partial charge is 0.377 e. The topological polar surface area (TPSA) is 88.7 Å². The van der Waals surface area contributed by atoms with Crippen molar-refractivity contribution in [3.63, 3.8) is 0 Å². The Kier molecular flexibility index (Phi) is 9.52. The van der Waals surface area contributed by atoms with E-state index in [1.165, 1.54) is 6.42 Å². The summed E-state index contributed by atoms with van der Waals surface area (Å²) < 4.78 is 6.04. The van der Waals surface area contributed by atoms with Crippen molar-refractivity contribution in [3.05, 3.63) is 35.4 Å². The Labute approximate surface area is 179 Å². The van der Waals surface area contributed by atoms with E-state index in [4.69, 9.17) is 10.5 Å². The fourth-order valence-corrected chi connectivity index (χ4v) is 3.43. The molecule has 7 heteroatoms. The predicted octanol–water partition coefficient (Wildman–Crippen LogP) is 2.91. The Bertz CT molecular complexity index is 626. The van der Waals surface area contributed by atoms with E-state index < -0.39 is 5.91 Å².